The van der Waals surface area contributed by atoms with Crippen molar-refractivity contribution in [1.29, 1.82) is 0 Å². The number of carbonyl (C=O) groups is 2. The Kier molecular flexibility index (Phi) is 7.97. The van der Waals surface area contributed by atoms with E-state index in [1.807, 2.05) is 0 Å². The van der Waals surface area contributed by atoms with Crippen LogP contribution < -0.4 is 5.32 Å². The highest BCUT2D eigenvalue weighted by molar-refractivity contribution is 9.10. The lowest BCUT2D eigenvalue weighted by molar-refractivity contribution is -0.137. The molecule has 0 aliphatic heterocycles. The molecule has 0 radical (unpaired) electrons. The number of aliphatic carboxylic acids is 1. The molecule has 116 valence electrons. The van der Waals surface area contributed by atoms with Crippen molar-refractivity contribution in [3.63, 3.8) is 0 Å². The Hall–Kier alpha value is -1.43. The Morgan fingerprint density at radius 3 is 2.76 bits per heavy atom. The lowest BCUT2D eigenvalue weighted by atomic mass is 9.94. The van der Waals surface area contributed by atoms with Crippen LogP contribution in [-0.4, -0.2) is 28.5 Å². The van der Waals surface area contributed by atoms with Crippen molar-refractivity contribution in [2.75, 3.05) is 6.54 Å². The molecule has 1 aromatic heterocycles. The first kappa shape index (κ1) is 17.6. The molecule has 0 bridgehead atoms. The first-order valence-corrected chi connectivity index (χ1v) is 7.94. The Labute approximate surface area is 133 Å². The molecule has 5 nitrogen and oxygen atoms in total. The van der Waals surface area contributed by atoms with Crippen molar-refractivity contribution in [2.24, 2.45) is 5.92 Å². The number of aromatic nitrogens is 1. The van der Waals surface area contributed by atoms with Gasteiger partial charge >= 0.3 is 5.97 Å². The van der Waals surface area contributed by atoms with E-state index in [2.05, 4.69) is 33.2 Å². The molecule has 1 aromatic rings. The average Bonchev–Trinajstić information content (AvgIpc) is 2.45. The van der Waals surface area contributed by atoms with Crippen LogP contribution in [0, 0.1) is 5.92 Å². The molecule has 0 saturated carbocycles. The molecule has 0 fully saturated rings. The Morgan fingerprint density at radius 2 is 2.14 bits per heavy atom. The number of nitrogens with one attached hydrogen (secondary N) is 1. The van der Waals surface area contributed by atoms with Crippen molar-refractivity contribution in [3.05, 3.63) is 28.5 Å². The fraction of sp³-hybridized carbons (Fsp3) is 0.533. The molecule has 6 heteroatoms. The third kappa shape index (κ3) is 6.71. The smallest absolute Gasteiger partial charge is 0.303 e. The zero-order valence-electron chi connectivity index (χ0n) is 12.1. The van der Waals surface area contributed by atoms with E-state index in [0.29, 0.717) is 29.1 Å². The Balaban J connectivity index is 2.41. The van der Waals surface area contributed by atoms with E-state index in [-0.39, 0.29) is 12.3 Å². The summed E-state index contributed by atoms with van der Waals surface area (Å²) >= 11 is 3.25. The van der Waals surface area contributed by atoms with Gasteiger partial charge in [-0.05, 0) is 46.8 Å². The minimum atomic E-state index is -0.764. The van der Waals surface area contributed by atoms with Crippen LogP contribution in [0.3, 0.4) is 0 Å². The molecule has 0 aromatic carbocycles. The molecule has 1 rings (SSSR count). The predicted molar refractivity (Wildman–Crippen MR) is 84.2 cm³/mol. The lowest BCUT2D eigenvalue weighted by Gasteiger charge is -2.15. The molecule has 21 heavy (non-hydrogen) atoms. The first-order chi connectivity index (χ1) is 10.0. The second kappa shape index (κ2) is 9.50. The monoisotopic (exact) mass is 356 g/mol. The van der Waals surface area contributed by atoms with Gasteiger partial charge in [-0.15, -0.1) is 0 Å². The molecule has 1 unspecified atom stereocenters. The van der Waals surface area contributed by atoms with Crippen LogP contribution >= 0.6 is 15.9 Å². The van der Waals surface area contributed by atoms with Crippen LogP contribution in [0.1, 0.15) is 49.4 Å². The molecule has 0 spiro atoms. The van der Waals surface area contributed by atoms with Gasteiger partial charge in [0.05, 0.1) is 5.56 Å². The van der Waals surface area contributed by atoms with E-state index < -0.39 is 5.97 Å². The molecule has 1 heterocycles. The highest BCUT2D eigenvalue weighted by atomic mass is 79.9. The zero-order valence-corrected chi connectivity index (χ0v) is 13.7. The summed E-state index contributed by atoms with van der Waals surface area (Å²) < 4.78 is 0.526. The van der Waals surface area contributed by atoms with Gasteiger partial charge in [-0.25, -0.2) is 4.98 Å². The standard InChI is InChI=1S/C15H21BrN2O3/c1-2-4-11(6-7-13(19)20)8-10-18-15(21)12-5-3-9-17-14(12)16/h3,5,9,11H,2,4,6-8,10H2,1H3,(H,18,21)(H,19,20). The summed E-state index contributed by atoms with van der Waals surface area (Å²) in [5.74, 6) is -0.591. The molecule has 1 amide bonds. The topological polar surface area (TPSA) is 79.3 Å². The maximum atomic E-state index is 12.0. The highest BCUT2D eigenvalue weighted by Gasteiger charge is 2.13. The van der Waals surface area contributed by atoms with Crippen LogP contribution in [-0.2, 0) is 4.79 Å². The van der Waals surface area contributed by atoms with Crippen molar-refractivity contribution in [2.45, 2.75) is 39.0 Å². The third-order valence-corrected chi connectivity index (χ3v) is 3.94. The number of hydrogen-bond acceptors (Lipinski definition) is 3. The normalized spacial score (nSPS) is 11.9. The van der Waals surface area contributed by atoms with E-state index in [1.54, 1.807) is 18.3 Å². The lowest BCUT2D eigenvalue weighted by Crippen LogP contribution is -2.26. The molecule has 2 N–H and O–H groups in total. The van der Waals surface area contributed by atoms with E-state index in [1.165, 1.54) is 0 Å². The number of carbonyl (C=O) groups excluding carboxylic acids is 1. The quantitative estimate of drug-likeness (QED) is 0.665. The first-order valence-electron chi connectivity index (χ1n) is 7.15. The largest absolute Gasteiger partial charge is 0.481 e. The average molecular weight is 357 g/mol. The Bertz CT molecular complexity index is 480. The second-order valence-corrected chi connectivity index (χ2v) is 5.72. The summed E-state index contributed by atoms with van der Waals surface area (Å²) in [5, 5.41) is 11.6. The summed E-state index contributed by atoms with van der Waals surface area (Å²) in [7, 11) is 0. The van der Waals surface area contributed by atoms with Crippen molar-refractivity contribution < 1.29 is 14.7 Å². The zero-order chi connectivity index (χ0) is 15.7. The van der Waals surface area contributed by atoms with Gasteiger partial charge in [0, 0.05) is 19.2 Å². The number of rotatable bonds is 9. The van der Waals surface area contributed by atoms with Gasteiger partial charge in [0.2, 0.25) is 0 Å². The minimum Gasteiger partial charge on any atom is -0.481 e. The summed E-state index contributed by atoms with van der Waals surface area (Å²) in [5.41, 5.74) is 0.509. The van der Waals surface area contributed by atoms with E-state index >= 15 is 0 Å². The van der Waals surface area contributed by atoms with Crippen molar-refractivity contribution >= 4 is 27.8 Å². The Morgan fingerprint density at radius 1 is 1.38 bits per heavy atom. The highest BCUT2D eigenvalue weighted by Crippen LogP contribution is 2.17. The fourth-order valence-electron chi connectivity index (χ4n) is 2.21. The van der Waals surface area contributed by atoms with Crippen LogP contribution in [0.5, 0.6) is 0 Å². The van der Waals surface area contributed by atoms with E-state index in [0.717, 1.165) is 19.3 Å². The number of nitrogens with zero attached hydrogens (tertiary/aromatic N) is 1. The van der Waals surface area contributed by atoms with Gasteiger partial charge in [-0.3, -0.25) is 9.59 Å². The maximum Gasteiger partial charge on any atom is 0.303 e. The maximum absolute atomic E-state index is 12.0. The van der Waals surface area contributed by atoms with Gasteiger partial charge in [0.15, 0.2) is 0 Å². The molecule has 0 saturated heterocycles. The number of hydrogen-bond donors (Lipinski definition) is 2. The van der Waals surface area contributed by atoms with Gasteiger partial charge in [0.25, 0.3) is 5.91 Å². The summed E-state index contributed by atoms with van der Waals surface area (Å²) in [6.45, 7) is 2.63. The molecule has 1 atom stereocenters. The summed E-state index contributed by atoms with van der Waals surface area (Å²) in [4.78, 5) is 26.6. The van der Waals surface area contributed by atoms with Gasteiger partial charge in [0.1, 0.15) is 4.60 Å². The number of carboxylic acid groups (broad SMARTS) is 1. The molecule has 0 aliphatic rings. The third-order valence-electron chi connectivity index (χ3n) is 3.31. The fourth-order valence-corrected chi connectivity index (χ4v) is 2.64. The number of carboxylic acids is 1. The summed E-state index contributed by atoms with van der Waals surface area (Å²) in [6, 6.07) is 3.42. The molecule has 0 aliphatic carbocycles. The predicted octanol–water partition coefficient (Wildman–Crippen LogP) is 3.25. The van der Waals surface area contributed by atoms with Crippen LogP contribution in [0.4, 0.5) is 0 Å². The number of amides is 1. The van der Waals surface area contributed by atoms with E-state index in [9.17, 15) is 9.59 Å². The SMILES string of the molecule is CCCC(CCNC(=O)c1cccnc1Br)CCC(=O)O. The van der Waals surface area contributed by atoms with E-state index in [4.69, 9.17) is 5.11 Å². The minimum absolute atomic E-state index is 0.163. The van der Waals surface area contributed by atoms with Gasteiger partial charge < -0.3 is 10.4 Å². The molecular weight excluding hydrogens is 336 g/mol. The summed E-state index contributed by atoms with van der Waals surface area (Å²) in [6.07, 6.45) is 5.27. The number of halogens is 1. The van der Waals surface area contributed by atoms with Crippen LogP contribution in [0.25, 0.3) is 0 Å². The van der Waals surface area contributed by atoms with Crippen molar-refractivity contribution in [3.8, 4) is 0 Å². The van der Waals surface area contributed by atoms with Gasteiger partial charge in [-0.1, -0.05) is 19.8 Å². The second-order valence-electron chi connectivity index (χ2n) is 4.97. The van der Waals surface area contributed by atoms with Gasteiger partial charge in [-0.2, -0.15) is 0 Å². The van der Waals surface area contributed by atoms with Crippen LogP contribution in [0.2, 0.25) is 0 Å². The van der Waals surface area contributed by atoms with Crippen LogP contribution in [0.15, 0.2) is 22.9 Å². The number of pyridine rings is 1. The molecular formula is C15H21BrN2O3. The van der Waals surface area contributed by atoms with Crippen molar-refractivity contribution in [1.82, 2.24) is 10.3 Å².